The molecule has 0 unspecified atom stereocenters. The van der Waals surface area contributed by atoms with Crippen molar-refractivity contribution in [3.05, 3.63) is 21.9 Å². The fraction of sp³-hybridized carbons (Fsp3) is 0.545. The number of ether oxygens (including phenoxy) is 1. The van der Waals surface area contributed by atoms with Gasteiger partial charge in [-0.05, 0) is 23.9 Å². The lowest BCUT2D eigenvalue weighted by Crippen LogP contribution is -2.35. The van der Waals surface area contributed by atoms with Crippen LogP contribution in [0.5, 0.6) is 0 Å². The first-order valence-electron chi connectivity index (χ1n) is 5.23. The van der Waals surface area contributed by atoms with Crippen molar-refractivity contribution in [3.8, 4) is 0 Å². The maximum atomic E-state index is 11.3. The van der Waals surface area contributed by atoms with Gasteiger partial charge in [-0.3, -0.25) is 4.79 Å². The summed E-state index contributed by atoms with van der Waals surface area (Å²) in [5.41, 5.74) is 1.28. The number of nitrogens with one attached hydrogen (secondary N) is 2. The minimum atomic E-state index is 0.00580. The summed E-state index contributed by atoms with van der Waals surface area (Å²) in [6.45, 7) is 4.29. The Balaban J connectivity index is 2.11. The van der Waals surface area contributed by atoms with Crippen molar-refractivity contribution < 1.29 is 9.53 Å². The van der Waals surface area contributed by atoms with Gasteiger partial charge in [0.2, 0.25) is 5.91 Å². The van der Waals surface area contributed by atoms with E-state index >= 15 is 0 Å². The molecule has 0 aromatic carbocycles. The van der Waals surface area contributed by atoms with E-state index in [4.69, 9.17) is 4.74 Å². The first-order chi connectivity index (χ1) is 7.74. The van der Waals surface area contributed by atoms with E-state index < -0.39 is 0 Å². The fourth-order valence-electron chi connectivity index (χ4n) is 1.23. The first-order valence-corrected chi connectivity index (χ1v) is 6.11. The van der Waals surface area contributed by atoms with Crippen LogP contribution in [0.25, 0.3) is 0 Å². The summed E-state index contributed by atoms with van der Waals surface area (Å²) in [4.78, 5) is 12.6. The summed E-state index contributed by atoms with van der Waals surface area (Å²) in [7, 11) is 1.62. The highest BCUT2D eigenvalue weighted by Gasteiger charge is 2.02. The van der Waals surface area contributed by atoms with Gasteiger partial charge < -0.3 is 15.4 Å². The highest BCUT2D eigenvalue weighted by atomic mass is 32.1. The highest BCUT2D eigenvalue weighted by Crippen LogP contribution is 2.14. The van der Waals surface area contributed by atoms with Crippen molar-refractivity contribution in [2.75, 3.05) is 26.8 Å². The van der Waals surface area contributed by atoms with E-state index in [1.165, 1.54) is 10.4 Å². The van der Waals surface area contributed by atoms with Crippen LogP contribution in [0.1, 0.15) is 10.4 Å². The van der Waals surface area contributed by atoms with Crippen molar-refractivity contribution in [1.29, 1.82) is 0 Å². The quantitative estimate of drug-likeness (QED) is 0.699. The molecule has 0 saturated heterocycles. The van der Waals surface area contributed by atoms with Crippen LogP contribution in [0.2, 0.25) is 0 Å². The number of hydrogen-bond acceptors (Lipinski definition) is 4. The lowest BCUT2D eigenvalue weighted by molar-refractivity contribution is -0.120. The zero-order valence-corrected chi connectivity index (χ0v) is 10.5. The molecule has 0 aliphatic rings. The van der Waals surface area contributed by atoms with E-state index in [0.717, 1.165) is 6.54 Å². The average Bonchev–Trinajstić information content (AvgIpc) is 2.65. The van der Waals surface area contributed by atoms with Crippen molar-refractivity contribution in [2.24, 2.45) is 0 Å². The van der Waals surface area contributed by atoms with Gasteiger partial charge in [0.25, 0.3) is 0 Å². The summed E-state index contributed by atoms with van der Waals surface area (Å²) in [6, 6.07) is 2.08. The Morgan fingerprint density at radius 3 is 3.00 bits per heavy atom. The molecule has 0 spiro atoms. The van der Waals surface area contributed by atoms with E-state index in [2.05, 4.69) is 29.0 Å². The smallest absolute Gasteiger partial charge is 0.234 e. The van der Waals surface area contributed by atoms with Crippen LogP contribution in [-0.2, 0) is 16.1 Å². The molecular formula is C11H18N2O2S. The molecular weight excluding hydrogens is 224 g/mol. The topological polar surface area (TPSA) is 50.4 Å². The second-order valence-electron chi connectivity index (χ2n) is 3.47. The van der Waals surface area contributed by atoms with E-state index in [1.807, 2.05) is 0 Å². The molecule has 0 aliphatic heterocycles. The van der Waals surface area contributed by atoms with Gasteiger partial charge in [-0.25, -0.2) is 0 Å². The predicted molar refractivity (Wildman–Crippen MR) is 65.6 cm³/mol. The van der Waals surface area contributed by atoms with Gasteiger partial charge in [-0.15, -0.1) is 11.3 Å². The van der Waals surface area contributed by atoms with Crippen molar-refractivity contribution in [2.45, 2.75) is 13.5 Å². The van der Waals surface area contributed by atoms with Crippen LogP contribution in [0.15, 0.2) is 11.4 Å². The highest BCUT2D eigenvalue weighted by molar-refractivity contribution is 7.10. The second kappa shape index (κ2) is 7.38. The summed E-state index contributed by atoms with van der Waals surface area (Å²) >= 11 is 1.71. The largest absolute Gasteiger partial charge is 0.383 e. The van der Waals surface area contributed by atoms with Gasteiger partial charge in [-0.1, -0.05) is 0 Å². The molecule has 1 aromatic rings. The molecule has 0 aliphatic carbocycles. The zero-order valence-electron chi connectivity index (χ0n) is 9.71. The van der Waals surface area contributed by atoms with Gasteiger partial charge in [0.05, 0.1) is 13.2 Å². The predicted octanol–water partition coefficient (Wildman–Crippen LogP) is 0.909. The lowest BCUT2D eigenvalue weighted by Gasteiger charge is -2.05. The van der Waals surface area contributed by atoms with Gasteiger partial charge in [-0.2, -0.15) is 0 Å². The molecule has 0 bridgehead atoms. The van der Waals surface area contributed by atoms with Crippen LogP contribution < -0.4 is 10.6 Å². The van der Waals surface area contributed by atoms with Crippen LogP contribution in [0.4, 0.5) is 0 Å². The Hall–Kier alpha value is -0.910. The van der Waals surface area contributed by atoms with Crippen molar-refractivity contribution >= 4 is 17.2 Å². The summed E-state index contributed by atoms with van der Waals surface area (Å²) in [5, 5.41) is 7.93. The number of carbonyl (C=O) groups excluding carboxylic acids is 1. The molecule has 1 rings (SSSR count). The third-order valence-corrected chi connectivity index (χ3v) is 3.19. The number of thiophene rings is 1. The summed E-state index contributed by atoms with van der Waals surface area (Å²) < 4.78 is 4.84. The molecule has 16 heavy (non-hydrogen) atoms. The number of hydrogen-bond donors (Lipinski definition) is 2. The Bertz CT molecular complexity index is 326. The second-order valence-corrected chi connectivity index (χ2v) is 4.47. The maximum absolute atomic E-state index is 11.3. The number of carbonyl (C=O) groups is 1. The fourth-order valence-corrected chi connectivity index (χ4v) is 2.11. The Labute approximate surface area is 100 Å². The summed E-state index contributed by atoms with van der Waals surface area (Å²) in [6.07, 6.45) is 0. The Morgan fingerprint density at radius 1 is 1.56 bits per heavy atom. The standard InChI is InChI=1S/C11H18N2O2S/c1-9-3-6-16-10(9)7-12-8-11(14)13-4-5-15-2/h3,6,12H,4-5,7-8H2,1-2H3,(H,13,14). The van der Waals surface area contributed by atoms with Crippen LogP contribution in [0.3, 0.4) is 0 Å². The average molecular weight is 242 g/mol. The monoisotopic (exact) mass is 242 g/mol. The van der Waals surface area contributed by atoms with Gasteiger partial charge in [0, 0.05) is 25.1 Å². The minimum Gasteiger partial charge on any atom is -0.383 e. The molecule has 5 heteroatoms. The number of aryl methyl sites for hydroxylation is 1. The van der Waals surface area contributed by atoms with Gasteiger partial charge in [0.15, 0.2) is 0 Å². The third-order valence-electron chi connectivity index (χ3n) is 2.17. The van der Waals surface area contributed by atoms with Gasteiger partial charge in [0.1, 0.15) is 0 Å². The van der Waals surface area contributed by atoms with E-state index in [9.17, 15) is 4.79 Å². The Kier molecular flexibility index (Phi) is 6.07. The molecule has 0 fully saturated rings. The molecule has 1 amide bonds. The van der Waals surface area contributed by atoms with Crippen LogP contribution in [-0.4, -0.2) is 32.7 Å². The molecule has 0 atom stereocenters. The van der Waals surface area contributed by atoms with Crippen molar-refractivity contribution in [3.63, 3.8) is 0 Å². The van der Waals surface area contributed by atoms with Crippen LogP contribution in [0, 0.1) is 6.92 Å². The van der Waals surface area contributed by atoms with E-state index in [-0.39, 0.29) is 5.91 Å². The normalized spacial score (nSPS) is 10.4. The molecule has 90 valence electrons. The van der Waals surface area contributed by atoms with E-state index in [1.54, 1.807) is 18.4 Å². The number of amides is 1. The van der Waals surface area contributed by atoms with E-state index in [0.29, 0.717) is 19.7 Å². The third kappa shape index (κ3) is 4.74. The molecule has 0 radical (unpaired) electrons. The summed E-state index contributed by atoms with van der Waals surface area (Å²) in [5.74, 6) is 0.00580. The maximum Gasteiger partial charge on any atom is 0.234 e. The molecule has 0 saturated carbocycles. The molecule has 1 aromatic heterocycles. The minimum absolute atomic E-state index is 0.00580. The lowest BCUT2D eigenvalue weighted by atomic mass is 10.3. The first kappa shape index (κ1) is 13.2. The van der Waals surface area contributed by atoms with Gasteiger partial charge >= 0.3 is 0 Å². The molecule has 4 nitrogen and oxygen atoms in total. The molecule has 2 N–H and O–H groups in total. The van der Waals surface area contributed by atoms with Crippen LogP contribution >= 0.6 is 11.3 Å². The SMILES string of the molecule is COCCNC(=O)CNCc1sccc1C. The zero-order chi connectivity index (χ0) is 11.8. The van der Waals surface area contributed by atoms with Crippen molar-refractivity contribution in [1.82, 2.24) is 10.6 Å². The number of methoxy groups -OCH3 is 1. The molecule has 1 heterocycles. The Morgan fingerprint density at radius 2 is 2.38 bits per heavy atom. The number of rotatable bonds is 7.